The Hall–Kier alpha value is -3.47. The van der Waals surface area contributed by atoms with Crippen LogP contribution in [0, 0.1) is 0 Å². The molecule has 0 aliphatic rings. The molecule has 0 radical (unpaired) electrons. The van der Waals surface area contributed by atoms with E-state index < -0.39 is 6.09 Å². The zero-order valence-corrected chi connectivity index (χ0v) is 13.7. The van der Waals surface area contributed by atoms with Gasteiger partial charge in [-0.15, -0.1) is 0 Å². The van der Waals surface area contributed by atoms with Gasteiger partial charge in [0.25, 0.3) is 0 Å². The number of nitrogen functional groups attached to an aromatic ring is 1. The van der Waals surface area contributed by atoms with E-state index >= 15 is 0 Å². The van der Waals surface area contributed by atoms with Crippen LogP contribution in [0.15, 0.2) is 72.8 Å². The average molecular weight is 334 g/mol. The Labute approximate surface area is 145 Å². The summed E-state index contributed by atoms with van der Waals surface area (Å²) in [6.45, 7) is 0. The predicted molar refractivity (Wildman–Crippen MR) is 99.2 cm³/mol. The molecule has 0 saturated heterocycles. The van der Waals surface area contributed by atoms with Crippen LogP contribution in [-0.4, -0.2) is 18.2 Å². The molecule has 0 atom stereocenters. The molecule has 0 bridgehead atoms. The van der Waals surface area contributed by atoms with Crippen molar-refractivity contribution in [2.45, 2.75) is 0 Å². The molecule has 126 valence electrons. The lowest BCUT2D eigenvalue weighted by Crippen LogP contribution is -2.24. The molecule has 0 aromatic heterocycles. The number of nitrogens with two attached hydrogens (primary N) is 1. The van der Waals surface area contributed by atoms with Crippen LogP contribution in [0.25, 0.3) is 11.1 Å². The van der Waals surface area contributed by atoms with Crippen LogP contribution in [0.4, 0.5) is 16.2 Å². The van der Waals surface area contributed by atoms with E-state index in [1.165, 1.54) is 7.05 Å². The number of rotatable bonds is 4. The minimum atomic E-state index is -1.09. The Morgan fingerprint density at radius 3 is 2.16 bits per heavy atom. The summed E-state index contributed by atoms with van der Waals surface area (Å²) in [5, 5.41) is 9.11. The lowest BCUT2D eigenvalue weighted by atomic mass is 10.1. The SMILES string of the molecule is CN(C(=O)O)c1cc(Oc2ccc(-c3ccccc3)cc2)ccc1N. The van der Waals surface area contributed by atoms with Gasteiger partial charge in [0, 0.05) is 13.1 Å². The first kappa shape index (κ1) is 16.4. The van der Waals surface area contributed by atoms with Gasteiger partial charge in [-0.25, -0.2) is 4.79 Å². The Morgan fingerprint density at radius 1 is 0.920 bits per heavy atom. The minimum Gasteiger partial charge on any atom is -0.465 e. The fourth-order valence-corrected chi connectivity index (χ4v) is 2.46. The quantitative estimate of drug-likeness (QED) is 0.669. The number of hydrogen-bond acceptors (Lipinski definition) is 3. The zero-order chi connectivity index (χ0) is 17.8. The fourth-order valence-electron chi connectivity index (χ4n) is 2.46. The molecule has 0 saturated carbocycles. The minimum absolute atomic E-state index is 0.372. The third-order valence-corrected chi connectivity index (χ3v) is 3.85. The van der Waals surface area contributed by atoms with Crippen molar-refractivity contribution in [3.05, 3.63) is 72.8 Å². The summed E-state index contributed by atoms with van der Waals surface area (Å²) in [5.74, 6) is 1.18. The monoisotopic (exact) mass is 334 g/mol. The lowest BCUT2D eigenvalue weighted by molar-refractivity contribution is 0.203. The van der Waals surface area contributed by atoms with Gasteiger partial charge in [-0.3, -0.25) is 4.90 Å². The molecule has 0 aliphatic carbocycles. The molecule has 0 unspecified atom stereocenters. The standard InChI is InChI=1S/C20H18N2O3/c1-22(20(23)24)19-13-17(11-12-18(19)21)25-16-9-7-15(8-10-16)14-5-3-2-4-6-14/h2-13H,21H2,1H3,(H,23,24). The lowest BCUT2D eigenvalue weighted by Gasteiger charge is -2.17. The van der Waals surface area contributed by atoms with Crippen molar-refractivity contribution in [1.82, 2.24) is 0 Å². The normalized spacial score (nSPS) is 10.3. The van der Waals surface area contributed by atoms with E-state index in [9.17, 15) is 4.79 Å². The number of amides is 1. The van der Waals surface area contributed by atoms with Gasteiger partial charge in [-0.2, -0.15) is 0 Å². The number of anilines is 2. The molecular weight excluding hydrogens is 316 g/mol. The Bertz CT molecular complexity index is 877. The zero-order valence-electron chi connectivity index (χ0n) is 13.7. The van der Waals surface area contributed by atoms with Crippen molar-refractivity contribution in [3.63, 3.8) is 0 Å². The van der Waals surface area contributed by atoms with Gasteiger partial charge < -0.3 is 15.6 Å². The first-order valence-electron chi connectivity index (χ1n) is 7.74. The molecule has 3 rings (SSSR count). The molecule has 5 heteroatoms. The second-order valence-corrected chi connectivity index (χ2v) is 5.55. The molecule has 0 fully saturated rings. The third-order valence-electron chi connectivity index (χ3n) is 3.85. The second-order valence-electron chi connectivity index (χ2n) is 5.55. The molecule has 1 amide bonds. The Balaban J connectivity index is 1.81. The second kappa shape index (κ2) is 6.97. The summed E-state index contributed by atoms with van der Waals surface area (Å²) in [7, 11) is 1.44. The maximum absolute atomic E-state index is 11.1. The van der Waals surface area contributed by atoms with E-state index in [1.807, 2.05) is 54.6 Å². The van der Waals surface area contributed by atoms with E-state index in [0.29, 0.717) is 22.9 Å². The molecule has 25 heavy (non-hydrogen) atoms. The van der Waals surface area contributed by atoms with E-state index in [-0.39, 0.29) is 0 Å². The van der Waals surface area contributed by atoms with Crippen molar-refractivity contribution in [3.8, 4) is 22.6 Å². The molecular formula is C20H18N2O3. The van der Waals surface area contributed by atoms with Crippen LogP contribution in [0.5, 0.6) is 11.5 Å². The van der Waals surface area contributed by atoms with Crippen molar-refractivity contribution in [2.75, 3.05) is 17.7 Å². The summed E-state index contributed by atoms with van der Waals surface area (Å²) >= 11 is 0. The van der Waals surface area contributed by atoms with E-state index in [4.69, 9.17) is 15.6 Å². The van der Waals surface area contributed by atoms with Crippen molar-refractivity contribution < 1.29 is 14.6 Å². The number of nitrogens with zero attached hydrogens (tertiary/aromatic N) is 1. The van der Waals surface area contributed by atoms with Gasteiger partial charge in [0.05, 0.1) is 11.4 Å². The summed E-state index contributed by atoms with van der Waals surface area (Å²) in [6.07, 6.45) is -1.09. The first-order chi connectivity index (χ1) is 12.0. The number of benzene rings is 3. The van der Waals surface area contributed by atoms with Gasteiger partial charge in [-0.1, -0.05) is 42.5 Å². The number of hydrogen-bond donors (Lipinski definition) is 2. The summed E-state index contributed by atoms with van der Waals surface area (Å²) < 4.78 is 5.82. The molecule has 3 aromatic rings. The van der Waals surface area contributed by atoms with Gasteiger partial charge >= 0.3 is 6.09 Å². The molecule has 0 spiro atoms. The van der Waals surface area contributed by atoms with Gasteiger partial charge in [0.15, 0.2) is 0 Å². The molecule has 0 heterocycles. The largest absolute Gasteiger partial charge is 0.465 e. The van der Waals surface area contributed by atoms with Crippen molar-refractivity contribution in [1.29, 1.82) is 0 Å². The highest BCUT2D eigenvalue weighted by Crippen LogP contribution is 2.31. The van der Waals surface area contributed by atoms with Crippen molar-refractivity contribution >= 4 is 17.5 Å². The molecule has 3 N–H and O–H groups in total. The molecule has 0 aliphatic heterocycles. The molecule has 5 nitrogen and oxygen atoms in total. The fraction of sp³-hybridized carbons (Fsp3) is 0.0500. The van der Waals surface area contributed by atoms with Crippen LogP contribution in [0.3, 0.4) is 0 Å². The maximum atomic E-state index is 11.1. The van der Waals surface area contributed by atoms with E-state index in [1.54, 1.807) is 18.2 Å². The van der Waals surface area contributed by atoms with Crippen LogP contribution in [0.1, 0.15) is 0 Å². The number of ether oxygens (including phenoxy) is 1. The van der Waals surface area contributed by atoms with Crippen LogP contribution in [-0.2, 0) is 0 Å². The van der Waals surface area contributed by atoms with E-state index in [0.717, 1.165) is 16.0 Å². The molecule has 3 aromatic carbocycles. The van der Waals surface area contributed by atoms with Gasteiger partial charge in [-0.05, 0) is 35.4 Å². The summed E-state index contributed by atoms with van der Waals surface area (Å²) in [6, 6.07) is 22.7. The highest BCUT2D eigenvalue weighted by Gasteiger charge is 2.13. The van der Waals surface area contributed by atoms with Gasteiger partial charge in [0.2, 0.25) is 0 Å². The Kier molecular flexibility index (Phi) is 4.57. The topological polar surface area (TPSA) is 75.8 Å². The van der Waals surface area contributed by atoms with Crippen molar-refractivity contribution in [2.24, 2.45) is 0 Å². The van der Waals surface area contributed by atoms with Gasteiger partial charge in [0.1, 0.15) is 11.5 Å². The Morgan fingerprint density at radius 2 is 1.52 bits per heavy atom. The van der Waals surface area contributed by atoms with E-state index in [2.05, 4.69) is 0 Å². The number of carboxylic acid groups (broad SMARTS) is 1. The summed E-state index contributed by atoms with van der Waals surface area (Å²) in [5.41, 5.74) is 8.82. The van der Waals surface area contributed by atoms with Crippen LogP contribution < -0.4 is 15.4 Å². The first-order valence-corrected chi connectivity index (χ1v) is 7.74. The number of carbonyl (C=O) groups is 1. The average Bonchev–Trinajstić information content (AvgIpc) is 2.64. The van der Waals surface area contributed by atoms with Crippen LogP contribution >= 0.6 is 0 Å². The third kappa shape index (κ3) is 3.72. The van der Waals surface area contributed by atoms with Crippen LogP contribution in [0.2, 0.25) is 0 Å². The maximum Gasteiger partial charge on any atom is 0.411 e. The predicted octanol–water partition coefficient (Wildman–Crippen LogP) is 4.84. The highest BCUT2D eigenvalue weighted by molar-refractivity contribution is 5.90. The summed E-state index contributed by atoms with van der Waals surface area (Å²) in [4.78, 5) is 12.2. The highest BCUT2D eigenvalue weighted by atomic mass is 16.5. The smallest absolute Gasteiger partial charge is 0.411 e.